The van der Waals surface area contributed by atoms with E-state index < -0.39 is 9.70 Å². The van der Waals surface area contributed by atoms with Gasteiger partial charge in [-0.25, -0.2) is 4.98 Å². The number of halogens is 3. The second-order valence-electron chi connectivity index (χ2n) is 3.85. The van der Waals surface area contributed by atoms with Crippen molar-refractivity contribution in [2.24, 2.45) is 0 Å². The first kappa shape index (κ1) is 13.9. The van der Waals surface area contributed by atoms with Gasteiger partial charge in [-0.15, -0.1) is 0 Å². The van der Waals surface area contributed by atoms with Gasteiger partial charge in [0.15, 0.2) is 5.13 Å². The predicted molar refractivity (Wildman–Crippen MR) is 78.0 cm³/mol. The number of anilines is 1. The number of carbonyl (C=O) groups is 1. The summed E-state index contributed by atoms with van der Waals surface area (Å²) in [5, 5.41) is 2.93. The molecule has 2 rings (SSSR count). The van der Waals surface area contributed by atoms with Gasteiger partial charge >= 0.3 is 0 Å². The molecule has 2 aromatic rings. The van der Waals surface area contributed by atoms with Gasteiger partial charge in [0.05, 0.1) is 10.2 Å². The number of aryl methyl sites for hydroxylation is 2. The van der Waals surface area contributed by atoms with Crippen LogP contribution in [0.3, 0.4) is 0 Å². The summed E-state index contributed by atoms with van der Waals surface area (Å²) in [6.45, 7) is 3.95. The van der Waals surface area contributed by atoms with Gasteiger partial charge in [0.2, 0.25) is 0 Å². The number of rotatable bonds is 1. The molecule has 0 radical (unpaired) electrons. The number of amides is 1. The minimum atomic E-state index is -1.98. The minimum Gasteiger partial charge on any atom is -0.298 e. The van der Waals surface area contributed by atoms with Crippen molar-refractivity contribution in [3.05, 3.63) is 23.3 Å². The lowest BCUT2D eigenvalue weighted by atomic mass is 10.1. The molecule has 0 saturated carbocycles. The highest BCUT2D eigenvalue weighted by Gasteiger charge is 2.31. The van der Waals surface area contributed by atoms with Gasteiger partial charge in [0.1, 0.15) is 0 Å². The molecule has 0 unspecified atom stereocenters. The summed E-state index contributed by atoms with van der Waals surface area (Å²) < 4.78 is -0.961. The van der Waals surface area contributed by atoms with Crippen LogP contribution in [-0.2, 0) is 4.79 Å². The smallest absolute Gasteiger partial charge is 0.278 e. The summed E-state index contributed by atoms with van der Waals surface area (Å²) in [5.74, 6) is -0.707. The molecule has 0 saturated heterocycles. The number of nitrogens with one attached hydrogen (secondary N) is 1. The molecule has 96 valence electrons. The average Bonchev–Trinajstić information content (AvgIpc) is 2.67. The molecule has 0 fully saturated rings. The zero-order valence-electron chi connectivity index (χ0n) is 9.55. The lowest BCUT2D eigenvalue weighted by Crippen LogP contribution is -2.26. The fourth-order valence-electron chi connectivity index (χ4n) is 1.48. The molecule has 0 aliphatic rings. The van der Waals surface area contributed by atoms with Crippen LogP contribution in [0.1, 0.15) is 11.1 Å². The highest BCUT2D eigenvalue weighted by molar-refractivity contribution is 7.22. The van der Waals surface area contributed by atoms with Crippen LogP contribution in [0.4, 0.5) is 5.13 Å². The van der Waals surface area contributed by atoms with E-state index >= 15 is 0 Å². The van der Waals surface area contributed by atoms with Crippen LogP contribution < -0.4 is 5.32 Å². The second-order valence-corrected chi connectivity index (χ2v) is 7.13. The lowest BCUT2D eigenvalue weighted by molar-refractivity contribution is -0.115. The Morgan fingerprint density at radius 1 is 1.28 bits per heavy atom. The van der Waals surface area contributed by atoms with Crippen molar-refractivity contribution in [1.82, 2.24) is 4.98 Å². The maximum atomic E-state index is 11.5. The average molecular weight is 324 g/mol. The first-order valence-corrected chi connectivity index (χ1v) is 6.99. The SMILES string of the molecule is Cc1ccc(C)c2sc(NC(=O)C(Cl)(Cl)Cl)nc12. The van der Waals surface area contributed by atoms with Crippen molar-refractivity contribution in [2.75, 3.05) is 5.32 Å². The highest BCUT2D eigenvalue weighted by Crippen LogP contribution is 2.33. The first-order valence-electron chi connectivity index (χ1n) is 5.04. The number of hydrogen-bond acceptors (Lipinski definition) is 3. The largest absolute Gasteiger partial charge is 0.298 e. The molecule has 1 heterocycles. The third-order valence-electron chi connectivity index (χ3n) is 2.42. The van der Waals surface area contributed by atoms with E-state index in [-0.39, 0.29) is 0 Å². The number of thiazole rings is 1. The van der Waals surface area contributed by atoms with E-state index in [1.807, 2.05) is 26.0 Å². The minimum absolute atomic E-state index is 0.429. The molecule has 0 bridgehead atoms. The lowest BCUT2D eigenvalue weighted by Gasteiger charge is -2.08. The highest BCUT2D eigenvalue weighted by atomic mass is 35.6. The van der Waals surface area contributed by atoms with Gasteiger partial charge in [-0.05, 0) is 25.0 Å². The zero-order chi connectivity index (χ0) is 13.5. The Balaban J connectivity index is 2.40. The topological polar surface area (TPSA) is 42.0 Å². The molecular weight excluding hydrogens is 315 g/mol. The molecule has 1 N–H and O–H groups in total. The van der Waals surface area contributed by atoms with Crippen LogP contribution in [0.2, 0.25) is 0 Å². The Labute approximate surface area is 123 Å². The number of carbonyl (C=O) groups excluding carboxylic acids is 1. The zero-order valence-corrected chi connectivity index (χ0v) is 12.6. The van der Waals surface area contributed by atoms with Crippen LogP contribution in [0.15, 0.2) is 12.1 Å². The van der Waals surface area contributed by atoms with Gasteiger partial charge < -0.3 is 0 Å². The van der Waals surface area contributed by atoms with Crippen LogP contribution in [0.25, 0.3) is 10.2 Å². The van der Waals surface area contributed by atoms with Crippen molar-refractivity contribution in [3.63, 3.8) is 0 Å². The van der Waals surface area contributed by atoms with Gasteiger partial charge in [0.25, 0.3) is 9.70 Å². The molecule has 0 atom stereocenters. The summed E-state index contributed by atoms with van der Waals surface area (Å²) in [5.41, 5.74) is 3.00. The molecule has 0 spiro atoms. The Bertz CT molecular complexity index is 580. The number of fused-ring (bicyclic) bond motifs is 1. The van der Waals surface area contributed by atoms with E-state index in [1.54, 1.807) is 0 Å². The maximum absolute atomic E-state index is 11.5. The fourth-order valence-corrected chi connectivity index (χ4v) is 2.63. The molecule has 0 aliphatic carbocycles. The Morgan fingerprint density at radius 3 is 2.44 bits per heavy atom. The summed E-state index contributed by atoms with van der Waals surface area (Å²) >= 11 is 17.8. The van der Waals surface area contributed by atoms with Crippen LogP contribution >= 0.6 is 46.1 Å². The standard InChI is InChI=1S/C11H9Cl3N2OS/c1-5-3-4-6(2)8-7(5)15-10(18-8)16-9(17)11(12,13)14/h3-4H,1-2H3,(H,15,16,17). The molecular formula is C11H9Cl3N2OS. The van der Waals surface area contributed by atoms with E-state index in [2.05, 4.69) is 10.3 Å². The van der Waals surface area contributed by atoms with Crippen molar-refractivity contribution < 1.29 is 4.79 Å². The van der Waals surface area contributed by atoms with Gasteiger partial charge in [-0.1, -0.05) is 58.3 Å². The van der Waals surface area contributed by atoms with Crippen molar-refractivity contribution in [2.45, 2.75) is 17.6 Å². The molecule has 0 aliphatic heterocycles. The third kappa shape index (κ3) is 2.72. The number of aromatic nitrogens is 1. The van der Waals surface area contributed by atoms with Crippen LogP contribution in [-0.4, -0.2) is 14.7 Å². The van der Waals surface area contributed by atoms with Crippen molar-refractivity contribution >= 4 is 67.4 Å². The number of nitrogens with zero attached hydrogens (tertiary/aromatic N) is 1. The Kier molecular flexibility index (Phi) is 3.74. The summed E-state index contributed by atoms with van der Waals surface area (Å²) in [7, 11) is 0. The maximum Gasteiger partial charge on any atom is 0.278 e. The number of benzene rings is 1. The Morgan fingerprint density at radius 2 is 1.89 bits per heavy atom. The van der Waals surface area contributed by atoms with E-state index in [4.69, 9.17) is 34.8 Å². The molecule has 1 aromatic heterocycles. The first-order chi connectivity index (χ1) is 8.29. The van der Waals surface area contributed by atoms with Crippen LogP contribution in [0, 0.1) is 13.8 Å². The summed E-state index contributed by atoms with van der Waals surface area (Å²) in [6.07, 6.45) is 0. The van der Waals surface area contributed by atoms with Gasteiger partial charge in [-0.2, -0.15) is 0 Å². The van der Waals surface area contributed by atoms with E-state index in [9.17, 15) is 4.79 Å². The van der Waals surface area contributed by atoms with Gasteiger partial charge in [0, 0.05) is 0 Å². The number of hydrogen-bond donors (Lipinski definition) is 1. The molecule has 1 amide bonds. The van der Waals surface area contributed by atoms with E-state index in [0.29, 0.717) is 5.13 Å². The number of alkyl halides is 3. The summed E-state index contributed by atoms with van der Waals surface area (Å²) in [4.78, 5) is 15.9. The molecule has 3 nitrogen and oxygen atoms in total. The predicted octanol–water partition coefficient (Wildman–Crippen LogP) is 4.22. The van der Waals surface area contributed by atoms with Crippen molar-refractivity contribution in [1.29, 1.82) is 0 Å². The normalized spacial score (nSPS) is 11.8. The van der Waals surface area contributed by atoms with E-state index in [0.717, 1.165) is 21.3 Å². The van der Waals surface area contributed by atoms with E-state index in [1.165, 1.54) is 11.3 Å². The van der Waals surface area contributed by atoms with Crippen molar-refractivity contribution in [3.8, 4) is 0 Å². The second kappa shape index (κ2) is 4.85. The van der Waals surface area contributed by atoms with Crippen LogP contribution in [0.5, 0.6) is 0 Å². The third-order valence-corrected chi connectivity index (χ3v) is 4.04. The Hall–Kier alpha value is -0.550. The molecule has 1 aromatic carbocycles. The molecule has 7 heteroatoms. The monoisotopic (exact) mass is 322 g/mol. The fraction of sp³-hybridized carbons (Fsp3) is 0.273. The quantitative estimate of drug-likeness (QED) is 0.798. The van der Waals surface area contributed by atoms with Gasteiger partial charge in [-0.3, -0.25) is 10.1 Å². The summed E-state index contributed by atoms with van der Waals surface area (Å²) in [6, 6.07) is 3.99. The molecule has 18 heavy (non-hydrogen) atoms.